The Labute approximate surface area is 194 Å². The van der Waals surface area contributed by atoms with E-state index in [1.165, 1.54) is 23.7 Å². The monoisotopic (exact) mass is 509 g/mol. The van der Waals surface area contributed by atoms with Crippen LogP contribution in [0.2, 0.25) is 4.34 Å². The van der Waals surface area contributed by atoms with Crippen molar-refractivity contribution in [3.63, 3.8) is 0 Å². The van der Waals surface area contributed by atoms with Gasteiger partial charge in [-0.3, -0.25) is 9.58 Å². The molecular formula is C20H26ClF2N3O4S2. The van der Waals surface area contributed by atoms with Crippen LogP contribution >= 0.6 is 22.9 Å². The summed E-state index contributed by atoms with van der Waals surface area (Å²) in [6.45, 7) is 3.19. The minimum absolute atomic E-state index is 0.0325. The Hall–Kier alpha value is -1.11. The van der Waals surface area contributed by atoms with Gasteiger partial charge in [-0.1, -0.05) is 11.6 Å². The van der Waals surface area contributed by atoms with E-state index >= 15 is 0 Å². The summed E-state index contributed by atoms with van der Waals surface area (Å²) in [6, 6.07) is 1.52. The van der Waals surface area contributed by atoms with Gasteiger partial charge in [0.1, 0.15) is 15.4 Å². The first-order valence-electron chi connectivity index (χ1n) is 10.3. The van der Waals surface area contributed by atoms with Crippen molar-refractivity contribution in [1.82, 2.24) is 14.7 Å². The molecule has 0 aromatic carbocycles. The molecule has 2 aliphatic heterocycles. The summed E-state index contributed by atoms with van der Waals surface area (Å²) in [7, 11) is -3.06. The molecule has 4 rings (SSSR count). The normalized spacial score (nSPS) is 29.0. The van der Waals surface area contributed by atoms with Crippen LogP contribution in [-0.2, 0) is 38.9 Å². The van der Waals surface area contributed by atoms with E-state index in [-0.39, 0.29) is 17.4 Å². The van der Waals surface area contributed by atoms with E-state index in [2.05, 4.69) is 16.9 Å². The van der Waals surface area contributed by atoms with Crippen LogP contribution in [0.1, 0.15) is 35.8 Å². The molecular weight excluding hydrogens is 484 g/mol. The zero-order valence-electron chi connectivity index (χ0n) is 17.8. The summed E-state index contributed by atoms with van der Waals surface area (Å²) in [4.78, 5) is 2.85. The van der Waals surface area contributed by atoms with Crippen molar-refractivity contribution in [2.45, 2.75) is 56.5 Å². The lowest BCUT2D eigenvalue weighted by molar-refractivity contribution is -0.210. The number of rotatable bonds is 6. The number of aryl methyl sites for hydroxylation is 1. The van der Waals surface area contributed by atoms with E-state index in [9.17, 15) is 22.3 Å². The number of nitrogens with zero attached hydrogens (tertiary/aromatic N) is 3. The molecule has 12 heteroatoms. The van der Waals surface area contributed by atoms with Crippen LogP contribution in [0.4, 0.5) is 8.78 Å². The summed E-state index contributed by atoms with van der Waals surface area (Å²) in [5.74, 6) is 0.0325. The van der Waals surface area contributed by atoms with Crippen molar-refractivity contribution in [3.8, 4) is 0 Å². The number of sulfone groups is 1. The highest BCUT2D eigenvalue weighted by atomic mass is 35.5. The Bertz CT molecular complexity index is 1090. The average molecular weight is 510 g/mol. The molecule has 1 N–H and O–H groups in total. The highest BCUT2D eigenvalue weighted by Gasteiger charge is 2.54. The van der Waals surface area contributed by atoms with Gasteiger partial charge in [-0.05, 0) is 25.8 Å². The average Bonchev–Trinajstić information content (AvgIpc) is 3.32. The first kappa shape index (κ1) is 24.0. The second-order valence-corrected chi connectivity index (χ2v) is 12.8. The van der Waals surface area contributed by atoms with E-state index in [1.54, 1.807) is 10.9 Å². The molecule has 32 heavy (non-hydrogen) atoms. The molecule has 1 saturated heterocycles. The van der Waals surface area contributed by atoms with Gasteiger partial charge in [0.2, 0.25) is 0 Å². The van der Waals surface area contributed by atoms with Crippen LogP contribution < -0.4 is 0 Å². The zero-order valence-corrected chi connectivity index (χ0v) is 20.2. The molecule has 0 unspecified atom stereocenters. The Balaban J connectivity index is 1.47. The fraction of sp³-hybridized carbons (Fsp3) is 0.650. The third-order valence-electron chi connectivity index (χ3n) is 6.33. The lowest BCUT2D eigenvalue weighted by Crippen LogP contribution is -2.54. The van der Waals surface area contributed by atoms with Crippen LogP contribution in [0, 0.1) is 0 Å². The number of hydrogen-bond acceptors (Lipinski definition) is 7. The summed E-state index contributed by atoms with van der Waals surface area (Å²) < 4.78 is 58.0. The van der Waals surface area contributed by atoms with Crippen LogP contribution in [0.5, 0.6) is 0 Å². The summed E-state index contributed by atoms with van der Waals surface area (Å²) in [6.07, 6.45) is 2.97. The van der Waals surface area contributed by atoms with E-state index < -0.39 is 34.1 Å². The van der Waals surface area contributed by atoms with Gasteiger partial charge in [0.25, 0.3) is 6.43 Å². The van der Waals surface area contributed by atoms with E-state index in [0.29, 0.717) is 41.7 Å². The fourth-order valence-corrected chi connectivity index (χ4v) is 6.53. The second kappa shape index (κ2) is 8.59. The number of fused-ring (bicyclic) bond motifs is 2. The van der Waals surface area contributed by atoms with E-state index in [4.69, 9.17) is 16.3 Å². The topological polar surface area (TPSA) is 84.7 Å². The molecule has 7 nitrogen and oxygen atoms in total. The molecule has 0 saturated carbocycles. The molecule has 0 aliphatic carbocycles. The Morgan fingerprint density at radius 1 is 1.47 bits per heavy atom. The van der Waals surface area contributed by atoms with Gasteiger partial charge in [-0.2, -0.15) is 5.10 Å². The molecule has 2 aromatic rings. The molecule has 0 amide bonds. The minimum atomic E-state index is -3.06. The Kier molecular flexibility index (Phi) is 6.45. The maximum absolute atomic E-state index is 13.6. The van der Waals surface area contributed by atoms with Crippen LogP contribution in [-0.4, -0.2) is 65.8 Å². The fourth-order valence-electron chi connectivity index (χ4n) is 4.52. The number of hydrogen-bond donors (Lipinski definition) is 1. The number of likely N-dealkylation sites (tertiary alicyclic amines) is 1. The van der Waals surface area contributed by atoms with Crippen molar-refractivity contribution >= 4 is 32.8 Å². The predicted molar refractivity (Wildman–Crippen MR) is 118 cm³/mol. The second-order valence-electron chi connectivity index (χ2n) is 8.82. The predicted octanol–water partition coefficient (Wildman–Crippen LogP) is 3.01. The van der Waals surface area contributed by atoms with Crippen LogP contribution in [0.3, 0.4) is 0 Å². The SMILES string of the molecule is C[C@H]1C[C@@]2(CCN1Cc1cnn(CCS(C)(=O)=O)c1)OC[C@@](O)(C(F)F)c1cc(Cl)sc12. The third kappa shape index (κ3) is 4.60. The highest BCUT2D eigenvalue weighted by Crippen LogP contribution is 2.53. The number of thiophene rings is 1. The van der Waals surface area contributed by atoms with Gasteiger partial charge < -0.3 is 9.84 Å². The minimum Gasteiger partial charge on any atom is -0.377 e. The molecule has 2 aliphatic rings. The Morgan fingerprint density at radius 3 is 2.88 bits per heavy atom. The number of halogens is 3. The van der Waals surface area contributed by atoms with Gasteiger partial charge in [0.15, 0.2) is 5.60 Å². The number of aliphatic hydroxyl groups is 1. The lowest BCUT2D eigenvalue weighted by Gasteiger charge is -2.49. The standard InChI is InChI=1S/C20H26ClF2N3O4S2/c1-13-8-19(17-15(7-16(21)31-17)20(27,12-30-19)18(22)23)3-4-25(13)10-14-9-24-26(11-14)5-6-32(2,28)29/h7,9,11,13,18,27H,3-6,8,10,12H2,1-2H3/t13-,19+,20-/m0/s1. The molecule has 0 bridgehead atoms. The first-order valence-corrected chi connectivity index (χ1v) is 13.6. The van der Waals surface area contributed by atoms with Crippen molar-refractivity contribution < 1.29 is 27.0 Å². The van der Waals surface area contributed by atoms with E-state index in [1.807, 2.05) is 6.20 Å². The van der Waals surface area contributed by atoms with Crippen molar-refractivity contribution in [2.24, 2.45) is 0 Å². The third-order valence-corrected chi connectivity index (χ3v) is 8.70. The summed E-state index contributed by atoms with van der Waals surface area (Å²) in [5, 5.41) is 14.8. The first-order chi connectivity index (χ1) is 14.9. The summed E-state index contributed by atoms with van der Waals surface area (Å²) >= 11 is 7.36. The molecule has 1 fully saturated rings. The number of piperidine rings is 1. The number of alkyl halides is 2. The van der Waals surface area contributed by atoms with E-state index in [0.717, 1.165) is 5.56 Å². The number of aromatic nitrogens is 2. The van der Waals surface area contributed by atoms with Gasteiger partial charge in [0.05, 0.1) is 29.4 Å². The molecule has 2 aromatic heterocycles. The maximum Gasteiger partial charge on any atom is 0.273 e. The van der Waals surface area contributed by atoms with Crippen LogP contribution in [0.15, 0.2) is 18.5 Å². The molecule has 0 radical (unpaired) electrons. The highest BCUT2D eigenvalue weighted by molar-refractivity contribution is 7.90. The molecule has 178 valence electrons. The quantitative estimate of drug-likeness (QED) is 0.644. The maximum atomic E-state index is 13.6. The number of ether oxygens (including phenoxy) is 1. The smallest absolute Gasteiger partial charge is 0.273 e. The van der Waals surface area contributed by atoms with Crippen molar-refractivity contribution in [3.05, 3.63) is 38.8 Å². The largest absolute Gasteiger partial charge is 0.377 e. The zero-order chi connectivity index (χ0) is 23.3. The summed E-state index contributed by atoms with van der Waals surface area (Å²) in [5.41, 5.74) is -1.94. The Morgan fingerprint density at radius 2 is 2.22 bits per heavy atom. The van der Waals surface area contributed by atoms with Crippen LogP contribution in [0.25, 0.3) is 0 Å². The van der Waals surface area contributed by atoms with Gasteiger partial charge in [0, 0.05) is 47.6 Å². The molecule has 4 heterocycles. The lowest BCUT2D eigenvalue weighted by atomic mass is 9.78. The van der Waals surface area contributed by atoms with Gasteiger partial charge >= 0.3 is 0 Å². The van der Waals surface area contributed by atoms with Crippen molar-refractivity contribution in [1.29, 1.82) is 0 Å². The van der Waals surface area contributed by atoms with Crippen molar-refractivity contribution in [2.75, 3.05) is 25.2 Å². The molecule has 3 atom stereocenters. The van der Waals surface area contributed by atoms with Gasteiger partial charge in [-0.25, -0.2) is 17.2 Å². The van der Waals surface area contributed by atoms with Gasteiger partial charge in [-0.15, -0.1) is 11.3 Å². The molecule has 1 spiro atoms.